The maximum Gasteiger partial charge on any atom is 0.317 e. The van der Waals surface area contributed by atoms with Gasteiger partial charge in [0.2, 0.25) is 5.91 Å². The standard InChI is InChI=1S/C16H22N4O9/c21-11(17-3-4-20-12(22)1-2-13(20)23)7-18(8-14(24)25)5-6-19(9-15(26)27)10-16(28)29/h1-2H,3-10H2,(H,17,21)(H,24,25)(H,26,27)(H,28,29). The van der Waals surface area contributed by atoms with E-state index in [1.807, 2.05) is 0 Å². The van der Waals surface area contributed by atoms with Crippen molar-refractivity contribution in [3.05, 3.63) is 12.2 Å². The average Bonchev–Trinajstić information content (AvgIpc) is 2.90. The van der Waals surface area contributed by atoms with E-state index in [0.717, 1.165) is 22.0 Å². The maximum atomic E-state index is 12.0. The molecule has 0 bridgehead atoms. The van der Waals surface area contributed by atoms with Crippen LogP contribution in [0.3, 0.4) is 0 Å². The number of hydrogen-bond donors (Lipinski definition) is 4. The van der Waals surface area contributed by atoms with Crippen LogP contribution in [0.4, 0.5) is 0 Å². The highest BCUT2D eigenvalue weighted by Gasteiger charge is 2.23. The van der Waals surface area contributed by atoms with Crippen LogP contribution >= 0.6 is 0 Å². The van der Waals surface area contributed by atoms with Gasteiger partial charge < -0.3 is 20.6 Å². The van der Waals surface area contributed by atoms with E-state index in [1.165, 1.54) is 4.90 Å². The number of nitrogens with zero attached hydrogens (tertiary/aromatic N) is 3. The third-order valence-corrected chi connectivity index (χ3v) is 3.73. The van der Waals surface area contributed by atoms with Gasteiger partial charge in [-0.2, -0.15) is 0 Å². The van der Waals surface area contributed by atoms with Crippen molar-refractivity contribution in [2.24, 2.45) is 0 Å². The van der Waals surface area contributed by atoms with Crippen molar-refractivity contribution in [2.45, 2.75) is 0 Å². The highest BCUT2D eigenvalue weighted by Crippen LogP contribution is 2.01. The monoisotopic (exact) mass is 414 g/mol. The Bertz CT molecular complexity index is 673. The Hall–Kier alpha value is -3.32. The lowest BCUT2D eigenvalue weighted by Gasteiger charge is -2.24. The minimum absolute atomic E-state index is 0.0247. The second-order valence-electron chi connectivity index (χ2n) is 6.11. The molecule has 0 radical (unpaired) electrons. The molecule has 0 saturated heterocycles. The molecule has 0 unspecified atom stereocenters. The van der Waals surface area contributed by atoms with Gasteiger partial charge in [0.05, 0.1) is 26.2 Å². The fourth-order valence-corrected chi connectivity index (χ4v) is 2.50. The van der Waals surface area contributed by atoms with Gasteiger partial charge in [-0.3, -0.25) is 43.5 Å². The van der Waals surface area contributed by atoms with Crippen LogP contribution in [0.5, 0.6) is 0 Å². The molecule has 0 aromatic carbocycles. The van der Waals surface area contributed by atoms with Gasteiger partial charge in [0, 0.05) is 38.3 Å². The van der Waals surface area contributed by atoms with Crippen LogP contribution in [-0.4, -0.2) is 118 Å². The molecule has 1 rings (SSSR count). The first-order valence-electron chi connectivity index (χ1n) is 8.48. The smallest absolute Gasteiger partial charge is 0.317 e. The van der Waals surface area contributed by atoms with Crippen molar-refractivity contribution >= 4 is 35.6 Å². The van der Waals surface area contributed by atoms with E-state index >= 15 is 0 Å². The summed E-state index contributed by atoms with van der Waals surface area (Å²) in [5, 5.41) is 29.1. The zero-order valence-corrected chi connectivity index (χ0v) is 15.4. The van der Waals surface area contributed by atoms with Crippen molar-refractivity contribution < 1.29 is 44.1 Å². The van der Waals surface area contributed by atoms with E-state index in [-0.39, 0.29) is 32.7 Å². The van der Waals surface area contributed by atoms with E-state index in [9.17, 15) is 28.8 Å². The summed E-state index contributed by atoms with van der Waals surface area (Å²) in [5.74, 6) is -5.26. The number of carboxylic acid groups (broad SMARTS) is 3. The molecule has 13 nitrogen and oxygen atoms in total. The van der Waals surface area contributed by atoms with Crippen LogP contribution in [0, 0.1) is 0 Å². The molecule has 0 spiro atoms. The van der Waals surface area contributed by atoms with Gasteiger partial charge in [0.1, 0.15) is 0 Å². The zero-order chi connectivity index (χ0) is 22.0. The van der Waals surface area contributed by atoms with Crippen LogP contribution in [0.25, 0.3) is 0 Å². The van der Waals surface area contributed by atoms with Gasteiger partial charge in [0.25, 0.3) is 11.8 Å². The maximum absolute atomic E-state index is 12.0. The summed E-state index contributed by atoms with van der Waals surface area (Å²) in [4.78, 5) is 70.7. The number of carbonyl (C=O) groups excluding carboxylic acids is 3. The average molecular weight is 414 g/mol. The Morgan fingerprint density at radius 1 is 0.793 bits per heavy atom. The Morgan fingerprint density at radius 2 is 1.21 bits per heavy atom. The molecule has 160 valence electrons. The molecule has 0 aromatic heterocycles. The molecular formula is C16H22N4O9. The van der Waals surface area contributed by atoms with Crippen molar-refractivity contribution in [3.63, 3.8) is 0 Å². The minimum Gasteiger partial charge on any atom is -0.480 e. The number of carboxylic acids is 3. The molecule has 0 fully saturated rings. The topological polar surface area (TPSA) is 185 Å². The Balaban J connectivity index is 2.51. The summed E-state index contributed by atoms with van der Waals surface area (Å²) >= 11 is 0. The van der Waals surface area contributed by atoms with E-state index in [2.05, 4.69) is 5.32 Å². The minimum atomic E-state index is -1.24. The highest BCUT2D eigenvalue weighted by molar-refractivity contribution is 6.12. The van der Waals surface area contributed by atoms with Crippen LogP contribution in [-0.2, 0) is 28.8 Å². The summed E-state index contributed by atoms with van der Waals surface area (Å²) in [6, 6.07) is 0. The molecule has 1 aliphatic rings. The lowest BCUT2D eigenvalue weighted by Crippen LogP contribution is -2.46. The number of carbonyl (C=O) groups is 6. The molecule has 1 aliphatic heterocycles. The van der Waals surface area contributed by atoms with Crippen molar-refractivity contribution in [1.82, 2.24) is 20.0 Å². The molecule has 4 N–H and O–H groups in total. The SMILES string of the molecule is O=C(O)CN(CCN(CC(=O)O)CC(=O)NCCN1C(=O)C=CC1=O)CC(=O)O. The molecule has 13 heteroatoms. The zero-order valence-electron chi connectivity index (χ0n) is 15.4. The fraction of sp³-hybridized carbons (Fsp3) is 0.500. The largest absolute Gasteiger partial charge is 0.480 e. The summed E-state index contributed by atoms with van der Waals surface area (Å²) in [5.41, 5.74) is 0. The molecule has 0 aliphatic carbocycles. The first-order chi connectivity index (χ1) is 13.6. The number of amides is 3. The number of rotatable bonds is 14. The Labute approximate surface area is 165 Å². The number of aliphatic carboxylic acids is 3. The van der Waals surface area contributed by atoms with E-state index < -0.39 is 55.3 Å². The molecule has 3 amide bonds. The van der Waals surface area contributed by atoms with E-state index in [0.29, 0.717) is 0 Å². The van der Waals surface area contributed by atoms with E-state index in [1.54, 1.807) is 0 Å². The van der Waals surface area contributed by atoms with Gasteiger partial charge in [-0.1, -0.05) is 0 Å². The summed E-state index contributed by atoms with van der Waals surface area (Å²) in [7, 11) is 0. The third-order valence-electron chi connectivity index (χ3n) is 3.73. The van der Waals surface area contributed by atoms with Crippen LogP contribution in [0.2, 0.25) is 0 Å². The summed E-state index contributed by atoms with van der Waals surface area (Å²) < 4.78 is 0. The van der Waals surface area contributed by atoms with Crippen molar-refractivity contribution in [1.29, 1.82) is 0 Å². The Kier molecular flexibility index (Phi) is 9.41. The second kappa shape index (κ2) is 11.5. The predicted molar refractivity (Wildman–Crippen MR) is 94.7 cm³/mol. The molecular weight excluding hydrogens is 392 g/mol. The van der Waals surface area contributed by atoms with Crippen molar-refractivity contribution in [3.8, 4) is 0 Å². The highest BCUT2D eigenvalue weighted by atomic mass is 16.4. The van der Waals surface area contributed by atoms with Gasteiger partial charge in [0.15, 0.2) is 0 Å². The predicted octanol–water partition coefficient (Wildman–Crippen LogP) is -3.11. The molecule has 0 aromatic rings. The molecule has 1 heterocycles. The van der Waals surface area contributed by atoms with Gasteiger partial charge in [-0.05, 0) is 0 Å². The van der Waals surface area contributed by atoms with Gasteiger partial charge >= 0.3 is 17.9 Å². The normalized spacial score (nSPS) is 13.4. The lowest BCUT2D eigenvalue weighted by atomic mass is 10.3. The number of nitrogens with one attached hydrogen (secondary N) is 1. The summed E-state index contributed by atoms with van der Waals surface area (Å²) in [6.45, 7) is -2.18. The first kappa shape index (κ1) is 23.7. The van der Waals surface area contributed by atoms with Gasteiger partial charge in [-0.15, -0.1) is 0 Å². The van der Waals surface area contributed by atoms with Gasteiger partial charge in [-0.25, -0.2) is 0 Å². The summed E-state index contributed by atoms with van der Waals surface area (Å²) in [6.07, 6.45) is 2.22. The Morgan fingerprint density at radius 3 is 1.62 bits per heavy atom. The third kappa shape index (κ3) is 9.44. The van der Waals surface area contributed by atoms with Crippen molar-refractivity contribution in [2.75, 3.05) is 52.4 Å². The number of hydrogen-bond acceptors (Lipinski definition) is 8. The molecule has 0 saturated carbocycles. The molecule has 0 atom stereocenters. The second-order valence-corrected chi connectivity index (χ2v) is 6.11. The fourth-order valence-electron chi connectivity index (χ4n) is 2.50. The quantitative estimate of drug-likeness (QED) is 0.211. The van der Waals surface area contributed by atoms with Crippen LogP contribution in [0.15, 0.2) is 12.2 Å². The van der Waals surface area contributed by atoms with Crippen LogP contribution < -0.4 is 5.32 Å². The first-order valence-corrected chi connectivity index (χ1v) is 8.48. The lowest BCUT2D eigenvalue weighted by molar-refractivity contribution is -0.143. The van der Waals surface area contributed by atoms with Crippen LogP contribution in [0.1, 0.15) is 0 Å². The number of imide groups is 1. The van der Waals surface area contributed by atoms with E-state index in [4.69, 9.17) is 15.3 Å². The molecule has 29 heavy (non-hydrogen) atoms.